The second kappa shape index (κ2) is 23.4. The molecule has 3 rings (SSSR count). The maximum absolute atomic E-state index is 13.5. The van der Waals surface area contributed by atoms with E-state index in [-0.39, 0.29) is 36.4 Å². The number of carbonyl (C=O) groups is 5. The number of nitro groups is 1. The zero-order chi connectivity index (χ0) is 44.2. The van der Waals surface area contributed by atoms with E-state index >= 15 is 0 Å². The number of likely N-dealkylation sites (N-methyl/N-ethyl adjacent to an activating group) is 1. The number of amides is 2. The smallest absolute Gasteiger partial charge is 0.343 e. The third-order valence-corrected chi connectivity index (χ3v) is 12.2. The molecule has 0 bridgehead atoms. The number of nitro benzene ring substituents is 1. The Balaban J connectivity index is 1.82. The zero-order valence-corrected chi connectivity index (χ0v) is 36.1. The fraction of sp³-hybridized carbons (Fsp3) is 0.703. The monoisotopic (exact) mass is 914 g/mol. The molecule has 0 aromatic heterocycles. The van der Waals surface area contributed by atoms with Gasteiger partial charge in [0.1, 0.15) is 30.0 Å². The quantitative estimate of drug-likeness (QED) is 0.0230. The highest BCUT2D eigenvalue weighted by atomic mass is 35.5. The van der Waals surface area contributed by atoms with Gasteiger partial charge in [-0.15, -0.1) is 23.4 Å². The van der Waals surface area contributed by atoms with E-state index in [4.69, 9.17) is 49.3 Å². The number of unbranched alkanes of at least 4 members (excludes halogenated alkanes) is 1. The number of aldehydes is 1. The molecule has 6 N–H and O–H groups in total. The first-order valence-electron chi connectivity index (χ1n) is 19.0. The van der Waals surface area contributed by atoms with Crippen LogP contribution in [0.1, 0.15) is 76.9 Å². The minimum atomic E-state index is -2.16. The van der Waals surface area contributed by atoms with Gasteiger partial charge in [0.05, 0.1) is 46.4 Å². The maximum atomic E-state index is 13.5. The molecule has 0 saturated carbocycles. The van der Waals surface area contributed by atoms with Gasteiger partial charge in [-0.1, -0.05) is 36.5 Å². The van der Waals surface area contributed by atoms with Gasteiger partial charge >= 0.3 is 11.9 Å². The molecule has 2 aliphatic heterocycles. The minimum absolute atomic E-state index is 0.0304. The first-order chi connectivity index (χ1) is 27.8. The summed E-state index contributed by atoms with van der Waals surface area (Å²) < 4.78 is 6.11. The first kappa shape index (κ1) is 50.5. The van der Waals surface area contributed by atoms with Crippen molar-refractivity contribution < 1.29 is 63.8 Å². The van der Waals surface area contributed by atoms with Crippen LogP contribution in [0.5, 0.6) is 0 Å². The van der Waals surface area contributed by atoms with Gasteiger partial charge in [-0.05, 0) is 75.9 Å². The van der Waals surface area contributed by atoms with E-state index in [0.29, 0.717) is 18.6 Å². The molecular weight excluding hydrogens is 863 g/mol. The predicted molar refractivity (Wildman–Crippen MR) is 217 cm³/mol. The Morgan fingerprint density at radius 1 is 1.15 bits per heavy atom. The third kappa shape index (κ3) is 13.6. The summed E-state index contributed by atoms with van der Waals surface area (Å²) in [7, 11) is 1.85. The number of aliphatic carboxylic acids is 1. The van der Waals surface area contributed by atoms with E-state index in [9.17, 15) is 54.5 Å². The number of carbonyl (C=O) groups excluding carboxylic acids is 4. The van der Waals surface area contributed by atoms with Crippen molar-refractivity contribution in [2.24, 2.45) is 11.3 Å². The second-order valence-electron chi connectivity index (χ2n) is 15.0. The molecule has 2 saturated heterocycles. The summed E-state index contributed by atoms with van der Waals surface area (Å²) in [6.45, 7) is 4.42. The van der Waals surface area contributed by atoms with Gasteiger partial charge < -0.3 is 40.6 Å². The highest BCUT2D eigenvalue weighted by molar-refractivity contribution is 7.99. The van der Waals surface area contributed by atoms with Gasteiger partial charge in [-0.25, -0.2) is 4.79 Å². The molecule has 0 radical (unpaired) electrons. The lowest BCUT2D eigenvalue weighted by atomic mass is 9.73. The van der Waals surface area contributed by atoms with E-state index in [1.807, 2.05) is 11.9 Å². The summed E-state index contributed by atoms with van der Waals surface area (Å²) in [4.78, 5) is 85.1. The van der Waals surface area contributed by atoms with Crippen molar-refractivity contribution in [1.82, 2.24) is 15.5 Å². The maximum Gasteiger partial charge on any atom is 0.343 e. The largest absolute Gasteiger partial charge is 0.481 e. The minimum Gasteiger partial charge on any atom is -0.481 e. The van der Waals surface area contributed by atoms with Crippen molar-refractivity contribution in [3.8, 4) is 0 Å². The van der Waals surface area contributed by atoms with Crippen LogP contribution in [0.15, 0.2) is 24.3 Å². The number of halogens is 3. The lowest BCUT2D eigenvalue weighted by molar-refractivity contribution is -0.384. The van der Waals surface area contributed by atoms with Gasteiger partial charge in [0, 0.05) is 25.1 Å². The van der Waals surface area contributed by atoms with E-state index < -0.39 is 105 Å². The molecule has 0 spiro atoms. The number of aliphatic hydroxyl groups excluding tert-OH is 3. The van der Waals surface area contributed by atoms with E-state index in [2.05, 4.69) is 17.6 Å². The number of carboxylic acids is 1. The number of rotatable bonds is 23. The lowest BCUT2D eigenvalue weighted by Gasteiger charge is -2.44. The van der Waals surface area contributed by atoms with Crippen molar-refractivity contribution in [3.05, 3.63) is 39.9 Å². The normalized spacial score (nSPS) is 26.5. The first-order valence-corrected chi connectivity index (χ1v) is 21.6. The number of nitrogens with one attached hydrogen (secondary N) is 2. The van der Waals surface area contributed by atoms with Crippen molar-refractivity contribution in [2.45, 2.75) is 130 Å². The highest BCUT2D eigenvalue weighted by Gasteiger charge is 2.51. The number of likely N-dealkylation sites (tertiary alicyclic amines) is 1. The number of nitrogens with zero attached hydrogens (tertiary/aromatic N) is 2. The van der Waals surface area contributed by atoms with Gasteiger partial charge in [-0.3, -0.25) is 34.3 Å². The van der Waals surface area contributed by atoms with Gasteiger partial charge in [0.25, 0.3) is 11.6 Å². The van der Waals surface area contributed by atoms with Gasteiger partial charge in [0.15, 0.2) is 10.9 Å². The number of benzene rings is 1. The molecule has 12 atom stereocenters. The lowest BCUT2D eigenvalue weighted by Crippen LogP contribution is -2.65. The average molecular weight is 916 g/mol. The number of hydrogen-bond donors (Lipinski definition) is 6. The number of non-ortho nitro benzene ring substituents is 1. The zero-order valence-electron chi connectivity index (χ0n) is 33.0. The fourth-order valence-corrected chi connectivity index (χ4v) is 8.65. The Kier molecular flexibility index (Phi) is 20.0. The molecule has 1 aromatic rings. The molecule has 2 amide bonds. The Morgan fingerprint density at radius 2 is 1.81 bits per heavy atom. The van der Waals surface area contributed by atoms with Crippen LogP contribution < -0.4 is 10.6 Å². The molecule has 2 aliphatic rings. The molecule has 18 nitrogen and oxygen atoms in total. The van der Waals surface area contributed by atoms with Gasteiger partial charge in [-0.2, -0.15) is 4.89 Å². The van der Waals surface area contributed by atoms with E-state index in [1.54, 1.807) is 13.2 Å². The standard InChI is InChI=1S/C37H53Cl3N4O14S/c1-5-8-20-15-24(43(3)18-20)33(50)42-26(19(2)38)30-28(48)29(49)31(35(56-30)59-4)58-57-25(46)17-37(36(52)53,13-6-7-14-45)16-23(41-34(51)32(39)40)27(47)21-9-11-22(12-10-21)44(54)55/h9-12,14,19-20,23-24,26-32,35,47-49H,5-8,13,15-18H2,1-4H3,(H,41,51)(H,42,50)(H,52,53)/t19?,20?,23?,24?,26-,27?,28-,29+,30-,31-,35-,37?/m1/s1. The van der Waals surface area contributed by atoms with Crippen LogP contribution in [-0.2, 0) is 38.5 Å². The number of alkyl halides is 3. The SMILES string of the molecule is CCCC1CC(C(=O)N[C@H](C(C)Cl)[C@H]2O[C@H](SC)[C@H](OOC(=O)CC(CCCC=O)(CC(NC(=O)C(Cl)Cl)C(O)c3ccc([N+](=O)[O-])cc3)C(=O)O)[C@@H](O)[C@H]2O)N(C)C1. The van der Waals surface area contributed by atoms with Crippen molar-refractivity contribution >= 4 is 82.3 Å². The van der Waals surface area contributed by atoms with Crippen molar-refractivity contribution in [2.75, 3.05) is 19.8 Å². The number of thioether (sulfide) groups is 1. The molecule has 6 unspecified atom stereocenters. The summed E-state index contributed by atoms with van der Waals surface area (Å²) in [5.74, 6) is -3.87. The van der Waals surface area contributed by atoms with Crippen LogP contribution in [0.4, 0.5) is 5.69 Å². The summed E-state index contributed by atoms with van der Waals surface area (Å²) >= 11 is 19.0. The van der Waals surface area contributed by atoms with Gasteiger partial charge in [0.2, 0.25) is 5.91 Å². The Morgan fingerprint density at radius 3 is 2.36 bits per heavy atom. The van der Waals surface area contributed by atoms with Crippen molar-refractivity contribution in [1.29, 1.82) is 0 Å². The number of carboxylic acid groups (broad SMARTS) is 1. The Hall–Kier alpha value is -2.85. The van der Waals surface area contributed by atoms with E-state index in [1.165, 1.54) is 12.1 Å². The number of hydrogen-bond acceptors (Lipinski definition) is 15. The highest BCUT2D eigenvalue weighted by Crippen LogP contribution is 2.39. The van der Waals surface area contributed by atoms with Crippen molar-refractivity contribution in [3.63, 3.8) is 0 Å². The molecule has 1 aromatic carbocycles. The second-order valence-corrected chi connectivity index (χ2v) is 17.7. The van der Waals surface area contributed by atoms with Crippen LogP contribution in [0.3, 0.4) is 0 Å². The molecule has 332 valence electrons. The van der Waals surface area contributed by atoms with Crippen LogP contribution in [0.25, 0.3) is 0 Å². The molecule has 2 heterocycles. The van der Waals surface area contributed by atoms with Crippen LogP contribution in [0, 0.1) is 21.4 Å². The Labute approximate surface area is 361 Å². The summed E-state index contributed by atoms with van der Waals surface area (Å²) in [5, 5.41) is 60.2. The summed E-state index contributed by atoms with van der Waals surface area (Å²) in [5.41, 5.74) is -3.55. The topological polar surface area (TPSA) is 264 Å². The third-order valence-electron chi connectivity index (χ3n) is 10.7. The summed E-state index contributed by atoms with van der Waals surface area (Å²) in [6, 6.07) is 1.62. The molecule has 2 fully saturated rings. The predicted octanol–water partition coefficient (Wildman–Crippen LogP) is 3.02. The van der Waals surface area contributed by atoms with E-state index in [0.717, 1.165) is 43.3 Å². The molecule has 0 aliphatic carbocycles. The van der Waals surface area contributed by atoms with Crippen LogP contribution in [0.2, 0.25) is 0 Å². The van der Waals surface area contributed by atoms with Crippen LogP contribution in [-0.4, -0.2) is 138 Å². The molecular formula is C37H53Cl3N4O14S. The molecule has 22 heteroatoms. The summed E-state index contributed by atoms with van der Waals surface area (Å²) in [6.07, 6.45) is -5.44. The van der Waals surface area contributed by atoms with Crippen LogP contribution >= 0.6 is 46.6 Å². The Bertz CT molecular complexity index is 1600. The average Bonchev–Trinajstić information content (AvgIpc) is 3.56. The number of aliphatic hydroxyl groups is 3. The molecule has 59 heavy (non-hydrogen) atoms. The fourth-order valence-electron chi connectivity index (χ4n) is 7.60. The number of ether oxygens (including phenoxy) is 1.